The molecule has 0 aliphatic rings. The van der Waals surface area contributed by atoms with Crippen LogP contribution in [-0.4, -0.2) is 0 Å². The summed E-state index contributed by atoms with van der Waals surface area (Å²) in [5, 5.41) is 52.7. The topological polar surface area (TPSA) is 143 Å². The van der Waals surface area contributed by atoms with Crippen molar-refractivity contribution in [2.45, 2.75) is 12.4 Å². The molecule has 0 heterocycles. The lowest BCUT2D eigenvalue weighted by atomic mass is 9.82. The molecule has 0 saturated carbocycles. The Labute approximate surface area is 229 Å². The summed E-state index contributed by atoms with van der Waals surface area (Å²) in [5.41, 5.74) is -14.0. The van der Waals surface area contributed by atoms with E-state index in [-0.39, 0.29) is 12.1 Å². The van der Waals surface area contributed by atoms with E-state index in [0.717, 1.165) is 24.3 Å². The minimum absolute atomic E-state index is 0.252. The smallest absolute Gasteiger partial charge is 0.206 e. The van der Waals surface area contributed by atoms with Crippen molar-refractivity contribution in [1.82, 2.24) is 0 Å². The maximum atomic E-state index is 14.9. The molecular formula is C28H6F8N6. The highest BCUT2D eigenvalue weighted by Crippen LogP contribution is 2.41. The van der Waals surface area contributed by atoms with Crippen molar-refractivity contribution < 1.29 is 35.1 Å². The average Bonchev–Trinajstić information content (AvgIpc) is 2.92. The van der Waals surface area contributed by atoms with Crippen LogP contribution in [-0.2, 0) is 12.4 Å². The van der Waals surface area contributed by atoms with Gasteiger partial charge in [-0.2, -0.15) is 57.9 Å². The van der Waals surface area contributed by atoms with E-state index in [1.54, 1.807) is 0 Å². The SMILES string of the molecule is N#CC(C#N)=c1c(-c2ccc(C#N)c(F)c2)c(C(F)(F)F)c(=C(C#N)C#N)c(-c2ccc(C#N)c(F)c2)c1C(F)(F)F. The van der Waals surface area contributed by atoms with Crippen LogP contribution >= 0.6 is 0 Å². The summed E-state index contributed by atoms with van der Waals surface area (Å²) in [6, 6.07) is 10.1. The standard InChI is InChI=1S/C28H6F8N6/c29-19-5-13(1-3-15(19)7-37)21-23(17(9-39)10-40)26(28(34,35)36)22(14-2-4-16(8-38)20(30)6-14)24(18(11-41)12-42)25(21)27(31,32)33/h1-6H. The van der Waals surface area contributed by atoms with Crippen molar-refractivity contribution in [1.29, 1.82) is 31.6 Å². The average molecular weight is 578 g/mol. The van der Waals surface area contributed by atoms with Crippen LogP contribution in [0.4, 0.5) is 35.1 Å². The molecule has 0 aliphatic carbocycles. The summed E-state index contributed by atoms with van der Waals surface area (Å²) >= 11 is 0. The lowest BCUT2D eigenvalue weighted by Gasteiger charge is -2.23. The van der Waals surface area contributed by atoms with E-state index in [0.29, 0.717) is 24.3 Å². The maximum Gasteiger partial charge on any atom is 0.417 e. The molecule has 3 rings (SSSR count). The van der Waals surface area contributed by atoms with Gasteiger partial charge in [0, 0.05) is 21.6 Å². The second-order valence-electron chi connectivity index (χ2n) is 8.06. The first kappa shape index (κ1) is 30.3. The van der Waals surface area contributed by atoms with E-state index in [4.69, 9.17) is 10.5 Å². The quantitative estimate of drug-likeness (QED) is 0.369. The highest BCUT2D eigenvalue weighted by atomic mass is 19.4. The van der Waals surface area contributed by atoms with E-state index < -0.39 is 90.1 Å². The Morgan fingerprint density at radius 3 is 1.05 bits per heavy atom. The Hall–Kier alpha value is -6.22. The molecule has 0 aliphatic heterocycles. The van der Waals surface area contributed by atoms with Gasteiger partial charge in [-0.3, -0.25) is 0 Å². The molecule has 0 saturated heterocycles. The zero-order valence-electron chi connectivity index (χ0n) is 20.2. The normalized spacial score (nSPS) is 10.7. The highest BCUT2D eigenvalue weighted by Gasteiger charge is 2.45. The van der Waals surface area contributed by atoms with Crippen molar-refractivity contribution in [3.05, 3.63) is 80.7 Å². The van der Waals surface area contributed by atoms with Crippen LogP contribution in [0, 0.1) is 79.6 Å². The van der Waals surface area contributed by atoms with Gasteiger partial charge in [0.05, 0.1) is 22.3 Å². The summed E-state index contributed by atoms with van der Waals surface area (Å²) in [7, 11) is 0. The van der Waals surface area contributed by atoms with Crippen LogP contribution in [0.1, 0.15) is 22.3 Å². The summed E-state index contributed by atoms with van der Waals surface area (Å²) in [5.74, 6) is -2.97. The summed E-state index contributed by atoms with van der Waals surface area (Å²) in [6.07, 6.45) is -11.5. The predicted octanol–water partition coefficient (Wildman–Crippen LogP) is 5.48. The minimum Gasteiger partial charge on any atom is -0.206 e. The first-order valence-corrected chi connectivity index (χ1v) is 10.8. The monoisotopic (exact) mass is 578 g/mol. The largest absolute Gasteiger partial charge is 0.417 e. The van der Waals surface area contributed by atoms with Crippen molar-refractivity contribution in [3.63, 3.8) is 0 Å². The molecule has 14 heteroatoms. The van der Waals surface area contributed by atoms with Gasteiger partial charge in [0.15, 0.2) is 0 Å². The Kier molecular flexibility index (Phi) is 8.02. The van der Waals surface area contributed by atoms with Crippen LogP contribution < -0.4 is 10.4 Å². The molecule has 0 unspecified atom stereocenters. The Morgan fingerprint density at radius 1 is 0.524 bits per heavy atom. The molecule has 0 aromatic heterocycles. The van der Waals surface area contributed by atoms with Gasteiger partial charge in [-0.05, 0) is 35.4 Å². The molecule has 0 atom stereocenters. The van der Waals surface area contributed by atoms with Crippen LogP contribution in [0.25, 0.3) is 33.4 Å². The summed E-state index contributed by atoms with van der Waals surface area (Å²) in [6.45, 7) is 0. The van der Waals surface area contributed by atoms with Crippen LogP contribution in [0.3, 0.4) is 0 Å². The number of rotatable bonds is 2. The molecule has 0 N–H and O–H groups in total. The molecule has 0 radical (unpaired) electrons. The van der Waals surface area contributed by atoms with Gasteiger partial charge in [0.1, 0.15) is 59.2 Å². The van der Waals surface area contributed by atoms with Gasteiger partial charge in [-0.1, -0.05) is 12.1 Å². The van der Waals surface area contributed by atoms with Crippen LogP contribution in [0.2, 0.25) is 0 Å². The molecular weight excluding hydrogens is 572 g/mol. The van der Waals surface area contributed by atoms with E-state index in [9.17, 15) is 56.2 Å². The summed E-state index contributed by atoms with van der Waals surface area (Å²) in [4.78, 5) is 0. The molecule has 0 spiro atoms. The maximum absolute atomic E-state index is 14.9. The zero-order valence-corrected chi connectivity index (χ0v) is 20.2. The number of nitrogens with zero attached hydrogens (tertiary/aromatic N) is 6. The van der Waals surface area contributed by atoms with Crippen molar-refractivity contribution in [3.8, 4) is 58.7 Å². The minimum atomic E-state index is -5.76. The number of nitriles is 6. The lowest BCUT2D eigenvalue weighted by Crippen LogP contribution is -2.36. The zero-order chi connectivity index (χ0) is 31.6. The van der Waals surface area contributed by atoms with Crippen molar-refractivity contribution in [2.75, 3.05) is 0 Å². The Balaban J connectivity index is 3.07. The fourth-order valence-electron chi connectivity index (χ4n) is 4.19. The summed E-state index contributed by atoms with van der Waals surface area (Å²) < 4.78 is 119. The number of hydrogen-bond donors (Lipinski definition) is 0. The van der Waals surface area contributed by atoms with Gasteiger partial charge in [0.25, 0.3) is 0 Å². The Bertz CT molecular complexity index is 1870. The van der Waals surface area contributed by atoms with E-state index >= 15 is 0 Å². The number of halogens is 8. The molecule has 42 heavy (non-hydrogen) atoms. The third-order valence-electron chi connectivity index (χ3n) is 5.77. The fourth-order valence-corrected chi connectivity index (χ4v) is 4.19. The third-order valence-corrected chi connectivity index (χ3v) is 5.77. The van der Waals surface area contributed by atoms with E-state index in [1.165, 1.54) is 12.1 Å². The van der Waals surface area contributed by atoms with Crippen molar-refractivity contribution in [2.24, 2.45) is 0 Å². The number of hydrogen-bond acceptors (Lipinski definition) is 6. The Morgan fingerprint density at radius 2 is 0.833 bits per heavy atom. The lowest BCUT2D eigenvalue weighted by molar-refractivity contribution is -0.141. The molecule has 6 nitrogen and oxygen atoms in total. The van der Waals surface area contributed by atoms with Gasteiger partial charge < -0.3 is 0 Å². The third kappa shape index (κ3) is 5.17. The van der Waals surface area contributed by atoms with Gasteiger partial charge in [0.2, 0.25) is 0 Å². The second-order valence-corrected chi connectivity index (χ2v) is 8.06. The van der Waals surface area contributed by atoms with Crippen LogP contribution in [0.15, 0.2) is 36.4 Å². The number of benzene rings is 3. The predicted molar refractivity (Wildman–Crippen MR) is 125 cm³/mol. The highest BCUT2D eigenvalue weighted by molar-refractivity contribution is 5.90. The molecule has 204 valence electrons. The van der Waals surface area contributed by atoms with Gasteiger partial charge >= 0.3 is 12.4 Å². The molecule has 3 aromatic rings. The van der Waals surface area contributed by atoms with E-state index in [2.05, 4.69) is 0 Å². The van der Waals surface area contributed by atoms with Crippen molar-refractivity contribution >= 4 is 11.1 Å². The fraction of sp³-hybridized carbons (Fsp3) is 0.0714. The first-order chi connectivity index (χ1) is 19.7. The van der Waals surface area contributed by atoms with Gasteiger partial charge in [-0.15, -0.1) is 0 Å². The van der Waals surface area contributed by atoms with Gasteiger partial charge in [-0.25, -0.2) is 8.78 Å². The number of alkyl halides is 6. The molecule has 0 bridgehead atoms. The first-order valence-electron chi connectivity index (χ1n) is 10.8. The van der Waals surface area contributed by atoms with Crippen LogP contribution in [0.5, 0.6) is 0 Å². The van der Waals surface area contributed by atoms with E-state index in [1.807, 2.05) is 0 Å². The molecule has 0 amide bonds. The molecule has 0 fully saturated rings. The second kappa shape index (κ2) is 11.1. The molecule has 3 aromatic carbocycles.